The van der Waals surface area contributed by atoms with Crippen molar-refractivity contribution in [2.75, 3.05) is 18.1 Å². The topological polar surface area (TPSA) is 26.0 Å². The van der Waals surface area contributed by atoms with Gasteiger partial charge in [0.1, 0.15) is 0 Å². The van der Waals surface area contributed by atoms with Crippen LogP contribution in [-0.4, -0.2) is 18.1 Å². The van der Waals surface area contributed by atoms with Crippen molar-refractivity contribution in [1.82, 2.24) is 0 Å². The molecule has 0 aliphatic rings. The minimum absolute atomic E-state index is 0.619. The van der Waals surface area contributed by atoms with E-state index in [0.717, 1.165) is 18.1 Å². The molecule has 3 heteroatoms. The van der Waals surface area contributed by atoms with Gasteiger partial charge in [-0.05, 0) is 18.2 Å². The summed E-state index contributed by atoms with van der Waals surface area (Å²) in [6, 6.07) is 0. The van der Waals surface area contributed by atoms with E-state index in [1.54, 1.807) is 5.54 Å². The largest absolute Gasteiger partial charge is 0.330 e. The Balaban J connectivity index is 3.03. The summed E-state index contributed by atoms with van der Waals surface area (Å²) in [6.07, 6.45) is 1.94. The number of rotatable bonds is 5. The fourth-order valence-electron chi connectivity index (χ4n) is 0.442. The Labute approximate surface area is 72.0 Å². The third-order valence-electron chi connectivity index (χ3n) is 1.11. The van der Waals surface area contributed by atoms with Gasteiger partial charge in [-0.15, -0.1) is 0 Å². The van der Waals surface area contributed by atoms with Gasteiger partial charge in [-0.1, -0.05) is 24.6 Å². The molecule has 0 bridgehead atoms. The minimum atomic E-state index is 0.619. The van der Waals surface area contributed by atoms with Gasteiger partial charge in [0, 0.05) is 11.3 Å². The standard InChI is InChI=1S/C7H14ClNS/c1-7(5-9)6-10-4-2-3-8/h2-3,7H,4-6,9H2,1H3. The maximum absolute atomic E-state index is 5.43. The van der Waals surface area contributed by atoms with Gasteiger partial charge >= 0.3 is 0 Å². The average Bonchev–Trinajstić information content (AvgIpc) is 1.98. The van der Waals surface area contributed by atoms with Crippen LogP contribution in [-0.2, 0) is 0 Å². The Bertz CT molecular complexity index is 95.6. The number of nitrogens with two attached hydrogens (primary N) is 1. The van der Waals surface area contributed by atoms with Gasteiger partial charge in [0.2, 0.25) is 0 Å². The van der Waals surface area contributed by atoms with Gasteiger partial charge in [0.15, 0.2) is 0 Å². The van der Waals surface area contributed by atoms with Gasteiger partial charge in [0.05, 0.1) is 0 Å². The monoisotopic (exact) mass is 179 g/mol. The summed E-state index contributed by atoms with van der Waals surface area (Å²) in [6.45, 7) is 2.93. The maximum Gasteiger partial charge on any atom is 0.0125 e. The van der Waals surface area contributed by atoms with Crippen LogP contribution in [0.4, 0.5) is 0 Å². The van der Waals surface area contributed by atoms with Crippen molar-refractivity contribution in [3.63, 3.8) is 0 Å². The van der Waals surface area contributed by atoms with Crippen molar-refractivity contribution < 1.29 is 0 Å². The molecule has 0 saturated heterocycles. The molecule has 0 amide bonds. The molecule has 1 atom stereocenters. The van der Waals surface area contributed by atoms with E-state index in [1.807, 2.05) is 17.8 Å². The van der Waals surface area contributed by atoms with Crippen molar-refractivity contribution in [1.29, 1.82) is 0 Å². The van der Waals surface area contributed by atoms with Crippen LogP contribution in [0.5, 0.6) is 0 Å². The zero-order chi connectivity index (χ0) is 7.82. The zero-order valence-electron chi connectivity index (χ0n) is 6.22. The van der Waals surface area contributed by atoms with Gasteiger partial charge in [-0.25, -0.2) is 0 Å². The molecular formula is C7H14ClNS. The molecule has 1 unspecified atom stereocenters. The van der Waals surface area contributed by atoms with Crippen LogP contribution in [0.3, 0.4) is 0 Å². The van der Waals surface area contributed by atoms with Crippen LogP contribution in [0.1, 0.15) is 6.92 Å². The van der Waals surface area contributed by atoms with E-state index < -0.39 is 0 Å². The van der Waals surface area contributed by atoms with E-state index in [1.165, 1.54) is 0 Å². The highest BCUT2D eigenvalue weighted by Gasteiger charge is 1.96. The predicted octanol–water partition coefficient (Wildman–Crippen LogP) is 2.07. The fraction of sp³-hybridized carbons (Fsp3) is 0.714. The summed E-state index contributed by atoms with van der Waals surface area (Å²) in [5.74, 6) is 2.74. The Morgan fingerprint density at radius 2 is 2.40 bits per heavy atom. The third-order valence-corrected chi connectivity index (χ3v) is 2.52. The molecule has 0 heterocycles. The molecule has 2 N–H and O–H groups in total. The molecule has 0 aromatic rings. The summed E-state index contributed by atoms with van der Waals surface area (Å²) in [5, 5.41) is 0. The molecule has 0 aliphatic carbocycles. The van der Waals surface area contributed by atoms with Gasteiger partial charge < -0.3 is 5.73 Å². The lowest BCUT2D eigenvalue weighted by Gasteiger charge is -2.04. The van der Waals surface area contributed by atoms with E-state index in [9.17, 15) is 0 Å². The van der Waals surface area contributed by atoms with Crippen molar-refractivity contribution in [3.05, 3.63) is 11.6 Å². The lowest BCUT2D eigenvalue weighted by Crippen LogP contribution is -2.12. The highest BCUT2D eigenvalue weighted by molar-refractivity contribution is 7.99. The second-order valence-corrected chi connectivity index (χ2v) is 3.57. The lowest BCUT2D eigenvalue weighted by molar-refractivity contribution is 0.676. The van der Waals surface area contributed by atoms with Gasteiger partial charge in [0.25, 0.3) is 0 Å². The van der Waals surface area contributed by atoms with E-state index in [2.05, 4.69) is 6.92 Å². The highest BCUT2D eigenvalue weighted by atomic mass is 35.5. The normalized spacial score (nSPS) is 14.3. The van der Waals surface area contributed by atoms with Crippen molar-refractivity contribution in [2.24, 2.45) is 11.7 Å². The van der Waals surface area contributed by atoms with E-state index in [0.29, 0.717) is 5.92 Å². The molecule has 0 fully saturated rings. The Hall–Kier alpha value is 0.340. The number of hydrogen-bond donors (Lipinski definition) is 1. The maximum atomic E-state index is 5.43. The highest BCUT2D eigenvalue weighted by Crippen LogP contribution is 2.06. The molecule has 0 radical (unpaired) electrons. The first-order valence-electron chi connectivity index (χ1n) is 3.34. The van der Waals surface area contributed by atoms with Crippen LogP contribution in [0, 0.1) is 5.92 Å². The van der Waals surface area contributed by atoms with E-state index >= 15 is 0 Å². The molecule has 10 heavy (non-hydrogen) atoms. The summed E-state index contributed by atoms with van der Waals surface area (Å²) in [5.41, 5.74) is 6.99. The van der Waals surface area contributed by atoms with Crippen LogP contribution in [0.15, 0.2) is 11.6 Å². The zero-order valence-corrected chi connectivity index (χ0v) is 7.79. The molecule has 0 rings (SSSR count). The molecule has 1 nitrogen and oxygen atoms in total. The molecule has 0 saturated carbocycles. The molecule has 0 aromatic heterocycles. The quantitative estimate of drug-likeness (QED) is 0.654. The number of thioether (sulfide) groups is 1. The van der Waals surface area contributed by atoms with Crippen molar-refractivity contribution >= 4 is 23.4 Å². The molecule has 0 spiro atoms. The fourth-order valence-corrected chi connectivity index (χ4v) is 1.54. The Morgan fingerprint density at radius 1 is 1.70 bits per heavy atom. The molecule has 0 aliphatic heterocycles. The first-order chi connectivity index (χ1) is 4.81. The van der Waals surface area contributed by atoms with Gasteiger partial charge in [-0.2, -0.15) is 11.8 Å². The molecule has 0 aromatic carbocycles. The SMILES string of the molecule is CC(CN)CSCC=CCl. The van der Waals surface area contributed by atoms with Crippen molar-refractivity contribution in [2.45, 2.75) is 6.92 Å². The first-order valence-corrected chi connectivity index (χ1v) is 4.93. The predicted molar refractivity (Wildman–Crippen MR) is 50.5 cm³/mol. The third kappa shape index (κ3) is 6.46. The van der Waals surface area contributed by atoms with E-state index in [-0.39, 0.29) is 0 Å². The van der Waals surface area contributed by atoms with Crippen LogP contribution >= 0.6 is 23.4 Å². The summed E-state index contributed by atoms with van der Waals surface area (Å²) < 4.78 is 0. The van der Waals surface area contributed by atoms with Crippen LogP contribution in [0.25, 0.3) is 0 Å². The summed E-state index contributed by atoms with van der Waals surface area (Å²) in [4.78, 5) is 0. The van der Waals surface area contributed by atoms with Gasteiger partial charge in [-0.3, -0.25) is 0 Å². The average molecular weight is 180 g/mol. The smallest absolute Gasteiger partial charge is 0.0125 e. The Kier molecular flexibility index (Phi) is 7.70. The second-order valence-electron chi connectivity index (χ2n) is 2.24. The molecule has 60 valence electrons. The first kappa shape index (κ1) is 10.3. The van der Waals surface area contributed by atoms with Crippen LogP contribution in [0.2, 0.25) is 0 Å². The summed E-state index contributed by atoms with van der Waals surface area (Å²) in [7, 11) is 0. The number of hydrogen-bond acceptors (Lipinski definition) is 2. The molecular weight excluding hydrogens is 166 g/mol. The summed E-state index contributed by atoms with van der Waals surface area (Å²) >= 11 is 7.19. The Morgan fingerprint density at radius 3 is 2.90 bits per heavy atom. The second kappa shape index (κ2) is 7.45. The van der Waals surface area contributed by atoms with E-state index in [4.69, 9.17) is 17.3 Å². The van der Waals surface area contributed by atoms with Crippen molar-refractivity contribution in [3.8, 4) is 0 Å². The lowest BCUT2D eigenvalue weighted by atomic mass is 10.2. The minimum Gasteiger partial charge on any atom is -0.330 e. The van der Waals surface area contributed by atoms with Crippen LogP contribution < -0.4 is 5.73 Å². The number of halogens is 1.